The molecule has 0 aliphatic carbocycles. The Morgan fingerprint density at radius 1 is 1.13 bits per heavy atom. The molecule has 4 rings (SSSR count). The molecule has 0 fully saturated rings. The highest BCUT2D eigenvalue weighted by atomic mass is 19.1. The normalized spacial score (nSPS) is 10.8. The zero-order chi connectivity index (χ0) is 21.1. The number of aromatic nitrogens is 3. The van der Waals surface area contributed by atoms with Crippen LogP contribution >= 0.6 is 0 Å². The van der Waals surface area contributed by atoms with Gasteiger partial charge in [-0.3, -0.25) is 4.79 Å². The van der Waals surface area contributed by atoms with Crippen LogP contribution in [0.3, 0.4) is 0 Å². The number of rotatable bonds is 6. The third-order valence-electron chi connectivity index (χ3n) is 4.35. The Bertz CT molecular complexity index is 1200. The molecule has 0 aliphatic heterocycles. The molecule has 0 bridgehead atoms. The molecule has 1 N–H and O–H groups in total. The molecule has 4 aromatic rings. The first-order valence-electron chi connectivity index (χ1n) is 8.92. The molecule has 2 aromatic carbocycles. The van der Waals surface area contributed by atoms with Crippen LogP contribution in [0.15, 0.2) is 65.3 Å². The number of amides is 1. The van der Waals surface area contributed by atoms with Crippen LogP contribution < -0.4 is 10.1 Å². The monoisotopic (exact) mass is 410 g/mol. The van der Waals surface area contributed by atoms with Crippen molar-refractivity contribution in [3.8, 4) is 28.7 Å². The molecule has 0 radical (unpaired) electrons. The number of ether oxygens (including phenoxy) is 1. The van der Waals surface area contributed by atoms with Gasteiger partial charge in [0.25, 0.3) is 5.89 Å². The van der Waals surface area contributed by atoms with Crippen molar-refractivity contribution >= 4 is 11.6 Å². The van der Waals surface area contributed by atoms with Gasteiger partial charge in [-0.15, -0.1) is 0 Å². The zero-order valence-corrected chi connectivity index (χ0v) is 15.8. The first kappa shape index (κ1) is 19.3. The third-order valence-corrected chi connectivity index (χ3v) is 4.35. The Hall–Kier alpha value is -4.01. The Kier molecular flexibility index (Phi) is 5.25. The lowest BCUT2D eigenvalue weighted by Crippen LogP contribution is -2.19. The first-order chi connectivity index (χ1) is 14.5. The maximum Gasteiger partial charge on any atom is 0.274 e. The summed E-state index contributed by atoms with van der Waals surface area (Å²) in [6.45, 7) is -0.0917. The van der Waals surface area contributed by atoms with Crippen LogP contribution in [0, 0.1) is 11.6 Å². The van der Waals surface area contributed by atoms with E-state index in [-0.39, 0.29) is 29.7 Å². The third kappa shape index (κ3) is 3.90. The van der Waals surface area contributed by atoms with Gasteiger partial charge in [-0.05, 0) is 42.5 Å². The molecule has 2 aromatic heterocycles. The number of nitrogens with zero attached hydrogens (tertiary/aromatic N) is 3. The lowest BCUT2D eigenvalue weighted by atomic mass is 10.2. The Morgan fingerprint density at radius 3 is 2.73 bits per heavy atom. The van der Waals surface area contributed by atoms with Crippen molar-refractivity contribution < 1.29 is 22.8 Å². The number of hydrogen-bond acceptors (Lipinski definition) is 5. The topological polar surface area (TPSA) is 82.2 Å². The quantitative estimate of drug-likeness (QED) is 0.517. The van der Waals surface area contributed by atoms with Gasteiger partial charge >= 0.3 is 0 Å². The number of hydrogen-bond donors (Lipinski definition) is 1. The van der Waals surface area contributed by atoms with Crippen molar-refractivity contribution in [1.29, 1.82) is 0 Å². The van der Waals surface area contributed by atoms with E-state index in [0.29, 0.717) is 11.3 Å². The molecule has 7 nitrogen and oxygen atoms in total. The van der Waals surface area contributed by atoms with E-state index < -0.39 is 17.5 Å². The number of methoxy groups -OCH3 is 1. The Morgan fingerprint density at radius 2 is 1.97 bits per heavy atom. The summed E-state index contributed by atoms with van der Waals surface area (Å²) < 4.78 is 39.4. The predicted octanol–water partition coefficient (Wildman–Crippen LogP) is 4.13. The number of carbonyl (C=O) groups is 1. The van der Waals surface area contributed by atoms with E-state index in [9.17, 15) is 13.6 Å². The maximum atomic E-state index is 13.9. The molecule has 2 heterocycles. The predicted molar refractivity (Wildman–Crippen MR) is 105 cm³/mol. The largest absolute Gasteiger partial charge is 0.494 e. The number of benzene rings is 2. The van der Waals surface area contributed by atoms with Crippen LogP contribution in [0.2, 0.25) is 0 Å². The van der Waals surface area contributed by atoms with Crippen molar-refractivity contribution in [2.45, 2.75) is 6.54 Å². The van der Waals surface area contributed by atoms with E-state index >= 15 is 0 Å². The van der Waals surface area contributed by atoms with Gasteiger partial charge in [-0.25, -0.2) is 8.78 Å². The molecular weight excluding hydrogens is 394 g/mol. The van der Waals surface area contributed by atoms with Gasteiger partial charge in [0.15, 0.2) is 11.6 Å². The summed E-state index contributed by atoms with van der Waals surface area (Å²) in [5.41, 5.74) is 1.00. The molecule has 0 saturated carbocycles. The molecule has 0 atom stereocenters. The lowest BCUT2D eigenvalue weighted by molar-refractivity contribution is -0.116. The fraction of sp³-hybridized carbons (Fsp3) is 0.0952. The van der Waals surface area contributed by atoms with E-state index in [1.54, 1.807) is 35.0 Å². The van der Waals surface area contributed by atoms with Crippen LogP contribution in [-0.4, -0.2) is 27.7 Å². The van der Waals surface area contributed by atoms with Crippen LogP contribution in [0.5, 0.6) is 5.75 Å². The first-order valence-corrected chi connectivity index (χ1v) is 8.92. The van der Waals surface area contributed by atoms with E-state index in [0.717, 1.165) is 0 Å². The molecule has 0 spiro atoms. The molecule has 9 heteroatoms. The molecule has 152 valence electrons. The van der Waals surface area contributed by atoms with Crippen LogP contribution in [0.4, 0.5) is 14.5 Å². The number of nitrogens with one attached hydrogen (secondary N) is 1. The van der Waals surface area contributed by atoms with E-state index in [2.05, 4.69) is 15.5 Å². The number of carbonyl (C=O) groups excluding carboxylic acids is 1. The molecular formula is C21H16F2N4O3. The van der Waals surface area contributed by atoms with Crippen molar-refractivity contribution in [1.82, 2.24) is 14.7 Å². The average molecular weight is 410 g/mol. The summed E-state index contributed by atoms with van der Waals surface area (Å²) in [4.78, 5) is 16.6. The SMILES string of the molecule is COc1ccc(-c2noc(-c3cccn3CC(=O)Nc3ccccc3F)n2)cc1F. The second-order valence-corrected chi connectivity index (χ2v) is 6.32. The molecule has 0 aliphatic rings. The van der Waals surface area contributed by atoms with Crippen LogP contribution in [0.1, 0.15) is 0 Å². The van der Waals surface area contributed by atoms with Crippen molar-refractivity contribution in [2.75, 3.05) is 12.4 Å². The number of halogens is 2. The average Bonchev–Trinajstić information content (AvgIpc) is 3.39. The van der Waals surface area contributed by atoms with Crippen molar-refractivity contribution in [3.63, 3.8) is 0 Å². The highest BCUT2D eigenvalue weighted by Gasteiger charge is 2.17. The summed E-state index contributed by atoms with van der Waals surface area (Å²) in [5.74, 6) is -1.03. The minimum absolute atomic E-state index is 0.0917. The summed E-state index contributed by atoms with van der Waals surface area (Å²) in [6.07, 6.45) is 1.66. The summed E-state index contributed by atoms with van der Waals surface area (Å²) in [7, 11) is 1.38. The van der Waals surface area contributed by atoms with Gasteiger partial charge < -0.3 is 19.1 Å². The second kappa shape index (κ2) is 8.16. The van der Waals surface area contributed by atoms with E-state index in [4.69, 9.17) is 9.26 Å². The van der Waals surface area contributed by atoms with Gasteiger partial charge in [-0.1, -0.05) is 17.3 Å². The molecule has 1 amide bonds. The second-order valence-electron chi connectivity index (χ2n) is 6.32. The maximum absolute atomic E-state index is 13.9. The van der Waals surface area contributed by atoms with Gasteiger partial charge in [0, 0.05) is 11.8 Å². The molecule has 0 unspecified atom stereocenters. The van der Waals surface area contributed by atoms with Crippen LogP contribution in [0.25, 0.3) is 23.0 Å². The van der Waals surface area contributed by atoms with Crippen molar-refractivity contribution in [2.24, 2.45) is 0 Å². The highest BCUT2D eigenvalue weighted by Crippen LogP contribution is 2.26. The standard InChI is InChI=1S/C21H16F2N4O3/c1-29-18-9-8-13(11-15(18)23)20-25-21(30-26-20)17-7-4-10-27(17)12-19(28)24-16-6-3-2-5-14(16)22/h2-11H,12H2,1H3,(H,24,28). The Labute approximate surface area is 169 Å². The van der Waals surface area contributed by atoms with Gasteiger partial charge in [0.1, 0.15) is 18.1 Å². The smallest absolute Gasteiger partial charge is 0.274 e. The zero-order valence-electron chi connectivity index (χ0n) is 15.8. The van der Waals surface area contributed by atoms with Crippen molar-refractivity contribution in [3.05, 3.63) is 72.4 Å². The fourth-order valence-corrected chi connectivity index (χ4v) is 2.90. The number of anilines is 1. The fourth-order valence-electron chi connectivity index (χ4n) is 2.90. The molecule has 0 saturated heterocycles. The summed E-state index contributed by atoms with van der Waals surface area (Å²) >= 11 is 0. The van der Waals surface area contributed by atoms with E-state index in [1.165, 1.54) is 37.4 Å². The van der Waals surface area contributed by atoms with Crippen LogP contribution in [-0.2, 0) is 11.3 Å². The van der Waals surface area contributed by atoms with Gasteiger partial charge in [0.2, 0.25) is 11.7 Å². The van der Waals surface area contributed by atoms with E-state index in [1.807, 2.05) is 0 Å². The van der Waals surface area contributed by atoms with Gasteiger partial charge in [0.05, 0.1) is 12.8 Å². The minimum atomic E-state index is -0.547. The minimum Gasteiger partial charge on any atom is -0.494 e. The Balaban J connectivity index is 1.53. The highest BCUT2D eigenvalue weighted by molar-refractivity contribution is 5.91. The van der Waals surface area contributed by atoms with Gasteiger partial charge in [-0.2, -0.15) is 4.98 Å². The summed E-state index contributed by atoms with van der Waals surface area (Å²) in [6, 6.07) is 13.6. The molecule has 30 heavy (non-hydrogen) atoms. The summed E-state index contributed by atoms with van der Waals surface area (Å²) in [5, 5.41) is 6.40. The lowest BCUT2D eigenvalue weighted by Gasteiger charge is -2.08. The number of para-hydroxylation sites is 1.